The molecule has 1 N–H and O–H groups in total. The fraction of sp³-hybridized carbons (Fsp3) is 0.333. The summed E-state index contributed by atoms with van der Waals surface area (Å²) in [5, 5.41) is 5.69. The second-order valence-corrected chi connectivity index (χ2v) is 6.96. The minimum absolute atomic E-state index is 0.195. The highest BCUT2D eigenvalue weighted by atomic mass is 79.9. The number of hydrogen-bond donors (Lipinski definition) is 1. The summed E-state index contributed by atoms with van der Waals surface area (Å²) < 4.78 is 1.14. The number of rotatable bonds is 5. The first-order valence-electron chi connectivity index (χ1n) is 6.07. The molecule has 0 fully saturated rings. The largest absolute Gasteiger partial charge is 0.312 e. The third-order valence-corrected chi connectivity index (χ3v) is 4.70. The number of halogens is 1. The monoisotopic (exact) mass is 323 g/mol. The quantitative estimate of drug-likeness (QED) is 0.849. The molecule has 0 saturated heterocycles. The summed E-state index contributed by atoms with van der Waals surface area (Å²) in [5.74, 6) is 0. The van der Waals surface area contributed by atoms with Crippen molar-refractivity contribution in [1.29, 1.82) is 0 Å². The lowest BCUT2D eigenvalue weighted by atomic mass is 9.91. The summed E-state index contributed by atoms with van der Waals surface area (Å²) in [5.41, 5.74) is 1.51. The van der Waals surface area contributed by atoms with Gasteiger partial charge in [-0.1, -0.05) is 48.0 Å². The van der Waals surface area contributed by atoms with Gasteiger partial charge in [0.2, 0.25) is 0 Å². The Morgan fingerprint density at radius 2 is 2.06 bits per heavy atom. The Labute approximate surface area is 121 Å². The summed E-state index contributed by atoms with van der Waals surface area (Å²) in [4.78, 5) is 1.43. The van der Waals surface area contributed by atoms with Gasteiger partial charge < -0.3 is 5.32 Å². The number of hydrogen-bond acceptors (Lipinski definition) is 2. The molecule has 2 aromatic rings. The summed E-state index contributed by atoms with van der Waals surface area (Å²) in [7, 11) is 0. The first-order valence-corrected chi connectivity index (χ1v) is 7.74. The molecule has 0 aliphatic carbocycles. The number of benzene rings is 1. The Balaban J connectivity index is 1.89. The third kappa shape index (κ3) is 3.67. The van der Waals surface area contributed by atoms with Crippen molar-refractivity contribution >= 4 is 27.3 Å². The average molecular weight is 324 g/mol. The average Bonchev–Trinajstić information content (AvgIpc) is 2.83. The van der Waals surface area contributed by atoms with E-state index in [4.69, 9.17) is 0 Å². The van der Waals surface area contributed by atoms with Crippen LogP contribution in [0.4, 0.5) is 0 Å². The standard InChI is InChI=1S/C15H18BrNS/c1-15(2,14-7-4-8-18-14)11-17-10-12-5-3-6-13(16)9-12/h3-9,17H,10-11H2,1-2H3. The zero-order valence-corrected chi connectivity index (χ0v) is 13.1. The van der Waals surface area contributed by atoms with Crippen LogP contribution in [-0.2, 0) is 12.0 Å². The Bertz CT molecular complexity index is 491. The Hall–Kier alpha value is -0.640. The maximum Gasteiger partial charge on any atom is 0.0206 e. The van der Waals surface area contributed by atoms with E-state index < -0.39 is 0 Å². The van der Waals surface area contributed by atoms with E-state index >= 15 is 0 Å². The van der Waals surface area contributed by atoms with Crippen molar-refractivity contribution in [1.82, 2.24) is 5.32 Å². The molecule has 0 bridgehead atoms. The number of nitrogens with one attached hydrogen (secondary N) is 1. The minimum atomic E-state index is 0.195. The minimum Gasteiger partial charge on any atom is -0.312 e. The van der Waals surface area contributed by atoms with Gasteiger partial charge in [0, 0.05) is 27.9 Å². The van der Waals surface area contributed by atoms with Crippen LogP contribution < -0.4 is 5.32 Å². The van der Waals surface area contributed by atoms with Gasteiger partial charge >= 0.3 is 0 Å². The molecule has 0 radical (unpaired) electrons. The summed E-state index contributed by atoms with van der Waals surface area (Å²) in [6.07, 6.45) is 0. The lowest BCUT2D eigenvalue weighted by Gasteiger charge is -2.23. The van der Waals surface area contributed by atoms with Crippen molar-refractivity contribution in [2.75, 3.05) is 6.54 Å². The van der Waals surface area contributed by atoms with E-state index in [0.29, 0.717) is 0 Å². The van der Waals surface area contributed by atoms with Crippen molar-refractivity contribution in [2.45, 2.75) is 25.8 Å². The molecule has 18 heavy (non-hydrogen) atoms. The topological polar surface area (TPSA) is 12.0 Å². The molecule has 1 aromatic carbocycles. The molecule has 1 aromatic heterocycles. The Kier molecular flexibility index (Phi) is 4.60. The molecule has 0 aliphatic heterocycles. The zero-order chi connectivity index (χ0) is 13.0. The van der Waals surface area contributed by atoms with Gasteiger partial charge in [0.05, 0.1) is 0 Å². The maximum absolute atomic E-state index is 3.54. The van der Waals surface area contributed by atoms with Gasteiger partial charge in [-0.05, 0) is 29.1 Å². The van der Waals surface area contributed by atoms with Crippen LogP contribution in [0.25, 0.3) is 0 Å². The molecule has 0 aliphatic rings. The maximum atomic E-state index is 3.54. The second kappa shape index (κ2) is 6.00. The Morgan fingerprint density at radius 1 is 1.22 bits per heavy atom. The van der Waals surface area contributed by atoms with Crippen molar-refractivity contribution in [2.24, 2.45) is 0 Å². The lowest BCUT2D eigenvalue weighted by Crippen LogP contribution is -2.31. The van der Waals surface area contributed by atoms with E-state index in [-0.39, 0.29) is 5.41 Å². The van der Waals surface area contributed by atoms with Crippen LogP contribution in [0, 0.1) is 0 Å². The first kappa shape index (κ1) is 13.8. The molecule has 3 heteroatoms. The SMILES string of the molecule is CC(C)(CNCc1cccc(Br)c1)c1cccs1. The third-order valence-electron chi connectivity index (χ3n) is 2.97. The molecule has 96 valence electrons. The van der Waals surface area contributed by atoms with Gasteiger partial charge in [-0.3, -0.25) is 0 Å². The van der Waals surface area contributed by atoms with Gasteiger partial charge in [0.15, 0.2) is 0 Å². The van der Waals surface area contributed by atoms with Crippen LogP contribution >= 0.6 is 27.3 Å². The first-order chi connectivity index (χ1) is 8.58. The molecule has 1 heterocycles. The molecular formula is C15H18BrNS. The van der Waals surface area contributed by atoms with Gasteiger partial charge in [-0.25, -0.2) is 0 Å². The van der Waals surface area contributed by atoms with Crippen LogP contribution in [-0.4, -0.2) is 6.54 Å². The van der Waals surface area contributed by atoms with Crippen LogP contribution in [0.1, 0.15) is 24.3 Å². The molecule has 0 atom stereocenters. The van der Waals surface area contributed by atoms with Gasteiger partial charge in [-0.2, -0.15) is 0 Å². The summed E-state index contributed by atoms with van der Waals surface area (Å²) >= 11 is 5.33. The van der Waals surface area contributed by atoms with E-state index in [1.165, 1.54) is 10.4 Å². The van der Waals surface area contributed by atoms with Crippen LogP contribution in [0.3, 0.4) is 0 Å². The second-order valence-electron chi connectivity index (χ2n) is 5.09. The summed E-state index contributed by atoms with van der Waals surface area (Å²) in [6.45, 7) is 6.47. The van der Waals surface area contributed by atoms with E-state index in [1.54, 1.807) is 0 Å². The van der Waals surface area contributed by atoms with E-state index in [0.717, 1.165) is 17.6 Å². The van der Waals surface area contributed by atoms with Crippen molar-refractivity contribution in [3.63, 3.8) is 0 Å². The van der Waals surface area contributed by atoms with Crippen molar-refractivity contribution in [3.8, 4) is 0 Å². The Morgan fingerprint density at radius 3 is 2.72 bits per heavy atom. The highest BCUT2D eigenvalue weighted by Crippen LogP contribution is 2.26. The molecule has 0 amide bonds. The number of thiophene rings is 1. The normalized spacial score (nSPS) is 11.7. The van der Waals surface area contributed by atoms with Crippen molar-refractivity contribution in [3.05, 3.63) is 56.7 Å². The fourth-order valence-corrected chi connectivity index (χ4v) is 3.22. The molecule has 1 nitrogen and oxygen atoms in total. The zero-order valence-electron chi connectivity index (χ0n) is 10.7. The van der Waals surface area contributed by atoms with Crippen molar-refractivity contribution < 1.29 is 0 Å². The van der Waals surface area contributed by atoms with Crippen LogP contribution in [0.15, 0.2) is 46.3 Å². The van der Waals surface area contributed by atoms with Crippen LogP contribution in [0.2, 0.25) is 0 Å². The van der Waals surface area contributed by atoms with Gasteiger partial charge in [-0.15, -0.1) is 11.3 Å². The molecule has 2 rings (SSSR count). The summed E-state index contributed by atoms with van der Waals surface area (Å²) in [6, 6.07) is 12.8. The fourth-order valence-electron chi connectivity index (χ4n) is 1.92. The highest BCUT2D eigenvalue weighted by Gasteiger charge is 2.20. The molecule has 0 saturated carbocycles. The predicted octanol–water partition coefficient (Wildman–Crippen LogP) is 4.58. The highest BCUT2D eigenvalue weighted by molar-refractivity contribution is 9.10. The lowest BCUT2D eigenvalue weighted by molar-refractivity contribution is 0.477. The molecule has 0 spiro atoms. The molecule has 0 unspecified atom stereocenters. The van der Waals surface area contributed by atoms with Crippen LogP contribution in [0.5, 0.6) is 0 Å². The van der Waals surface area contributed by atoms with E-state index in [1.807, 2.05) is 11.3 Å². The van der Waals surface area contributed by atoms with Gasteiger partial charge in [0.1, 0.15) is 0 Å². The van der Waals surface area contributed by atoms with E-state index in [2.05, 4.69) is 76.9 Å². The van der Waals surface area contributed by atoms with Gasteiger partial charge in [0.25, 0.3) is 0 Å². The predicted molar refractivity (Wildman–Crippen MR) is 83.2 cm³/mol. The molecular weight excluding hydrogens is 306 g/mol. The smallest absolute Gasteiger partial charge is 0.0206 e. The van der Waals surface area contributed by atoms with E-state index in [9.17, 15) is 0 Å².